The number of hydrogen-bond donors (Lipinski definition) is 1. The van der Waals surface area contributed by atoms with Crippen LogP contribution in [0.5, 0.6) is 11.5 Å². The Morgan fingerprint density at radius 3 is 2.19 bits per heavy atom. The van der Waals surface area contributed by atoms with E-state index in [-0.39, 0.29) is 16.8 Å². The zero-order valence-corrected chi connectivity index (χ0v) is 16.7. The first kappa shape index (κ1) is 20.8. The lowest BCUT2D eigenvalue weighted by atomic mass is 10.0. The number of hydrogen-bond acceptors (Lipinski definition) is 5. The van der Waals surface area contributed by atoms with Crippen molar-refractivity contribution < 1.29 is 22.7 Å². The van der Waals surface area contributed by atoms with Crippen LogP contribution in [0.4, 0.5) is 0 Å². The molecule has 0 aromatic heterocycles. The number of sulfone groups is 1. The van der Waals surface area contributed by atoms with Crippen LogP contribution in [-0.4, -0.2) is 33.8 Å². The van der Waals surface area contributed by atoms with Crippen LogP contribution < -0.4 is 14.8 Å². The summed E-state index contributed by atoms with van der Waals surface area (Å²) in [5, 5.41) is 2.94. The Hall–Kier alpha value is -2.54. The number of ether oxygens (including phenoxy) is 2. The van der Waals surface area contributed by atoms with Crippen LogP contribution in [0.2, 0.25) is 0 Å². The van der Waals surface area contributed by atoms with E-state index in [1.165, 1.54) is 0 Å². The second-order valence-corrected chi connectivity index (χ2v) is 8.24. The summed E-state index contributed by atoms with van der Waals surface area (Å²) in [6, 6.07) is 13.4. The molecule has 2 aromatic rings. The Bertz CT molecular complexity index is 878. The number of nitrogens with one attached hydrogen (secondary N) is 1. The lowest BCUT2D eigenvalue weighted by Crippen LogP contribution is -2.38. The molecule has 1 amide bonds. The highest BCUT2D eigenvalue weighted by molar-refractivity contribution is 7.90. The van der Waals surface area contributed by atoms with Crippen molar-refractivity contribution in [3.63, 3.8) is 0 Å². The first-order chi connectivity index (χ1) is 12.8. The highest BCUT2D eigenvalue weighted by atomic mass is 32.2. The van der Waals surface area contributed by atoms with Gasteiger partial charge in [-0.15, -0.1) is 0 Å². The Labute approximate surface area is 160 Å². The average Bonchev–Trinajstić information content (AvgIpc) is 2.65. The third kappa shape index (κ3) is 5.47. The number of para-hydroxylation sites is 2. The minimum atomic E-state index is -3.25. The van der Waals surface area contributed by atoms with E-state index in [1.807, 2.05) is 13.0 Å². The van der Waals surface area contributed by atoms with E-state index in [9.17, 15) is 13.2 Å². The topological polar surface area (TPSA) is 81.7 Å². The van der Waals surface area contributed by atoms with Crippen molar-refractivity contribution in [3.05, 3.63) is 54.1 Å². The Balaban J connectivity index is 2.07. The molecule has 146 valence electrons. The van der Waals surface area contributed by atoms with Gasteiger partial charge < -0.3 is 14.8 Å². The van der Waals surface area contributed by atoms with E-state index in [4.69, 9.17) is 9.47 Å². The normalized spacial score (nSPS) is 13.5. The fourth-order valence-corrected chi connectivity index (χ4v) is 3.25. The highest BCUT2D eigenvalue weighted by Gasteiger charge is 2.21. The van der Waals surface area contributed by atoms with E-state index >= 15 is 0 Å². The van der Waals surface area contributed by atoms with Gasteiger partial charge in [0.2, 0.25) is 0 Å². The maximum Gasteiger partial charge on any atom is 0.261 e. The SMILES string of the molecule is CCC(NC(=O)C(C)Oc1ccccc1OC)c1ccc(S(C)(=O)=O)cc1. The smallest absolute Gasteiger partial charge is 0.261 e. The van der Waals surface area contributed by atoms with Crippen molar-refractivity contribution in [1.29, 1.82) is 0 Å². The molecule has 27 heavy (non-hydrogen) atoms. The third-order valence-corrected chi connectivity index (χ3v) is 5.31. The second kappa shape index (κ2) is 8.90. The third-order valence-electron chi connectivity index (χ3n) is 4.18. The first-order valence-corrected chi connectivity index (χ1v) is 10.6. The van der Waals surface area contributed by atoms with Crippen LogP contribution >= 0.6 is 0 Å². The maximum atomic E-state index is 12.5. The molecule has 1 N–H and O–H groups in total. The molecule has 0 aliphatic carbocycles. The summed E-state index contributed by atoms with van der Waals surface area (Å²) in [5.41, 5.74) is 0.836. The summed E-state index contributed by atoms with van der Waals surface area (Å²) >= 11 is 0. The number of methoxy groups -OCH3 is 1. The number of rotatable bonds is 8. The fraction of sp³-hybridized carbons (Fsp3) is 0.350. The van der Waals surface area contributed by atoms with Crippen molar-refractivity contribution in [2.75, 3.05) is 13.4 Å². The molecule has 2 atom stereocenters. The van der Waals surface area contributed by atoms with Crippen molar-refractivity contribution in [2.45, 2.75) is 37.3 Å². The van der Waals surface area contributed by atoms with Gasteiger partial charge in [-0.05, 0) is 43.2 Å². The van der Waals surface area contributed by atoms with Crippen LogP contribution in [0.25, 0.3) is 0 Å². The predicted octanol–water partition coefficient (Wildman–Crippen LogP) is 3.13. The molecule has 2 aromatic carbocycles. The lowest BCUT2D eigenvalue weighted by molar-refractivity contribution is -0.128. The minimum absolute atomic E-state index is 0.241. The summed E-state index contributed by atoms with van der Waals surface area (Å²) in [4.78, 5) is 12.8. The first-order valence-electron chi connectivity index (χ1n) is 8.66. The number of carbonyl (C=O) groups is 1. The van der Waals surface area contributed by atoms with Gasteiger partial charge in [0.1, 0.15) is 0 Å². The van der Waals surface area contributed by atoms with Crippen LogP contribution in [0.15, 0.2) is 53.4 Å². The Morgan fingerprint density at radius 1 is 1.07 bits per heavy atom. The summed E-state index contributed by atoms with van der Waals surface area (Å²) in [6.07, 6.45) is 1.11. The minimum Gasteiger partial charge on any atom is -0.493 e. The zero-order chi connectivity index (χ0) is 20.0. The van der Waals surface area contributed by atoms with Crippen LogP contribution in [0.3, 0.4) is 0 Å². The number of amides is 1. The predicted molar refractivity (Wildman–Crippen MR) is 104 cm³/mol. The number of benzene rings is 2. The second-order valence-electron chi connectivity index (χ2n) is 6.22. The van der Waals surface area contributed by atoms with Gasteiger partial charge >= 0.3 is 0 Å². The molecule has 0 fully saturated rings. The summed E-state index contributed by atoms with van der Waals surface area (Å²) in [6.45, 7) is 3.61. The van der Waals surface area contributed by atoms with Gasteiger partial charge in [-0.2, -0.15) is 0 Å². The van der Waals surface area contributed by atoms with Crippen molar-refractivity contribution >= 4 is 15.7 Å². The van der Waals surface area contributed by atoms with Crippen LogP contribution in [-0.2, 0) is 14.6 Å². The summed E-state index contributed by atoms with van der Waals surface area (Å²) < 4.78 is 34.1. The van der Waals surface area contributed by atoms with Crippen LogP contribution in [0, 0.1) is 0 Å². The largest absolute Gasteiger partial charge is 0.493 e. The molecule has 0 aliphatic rings. The summed E-state index contributed by atoms with van der Waals surface area (Å²) in [7, 11) is -1.71. The molecule has 2 unspecified atom stereocenters. The van der Waals surface area contributed by atoms with Gasteiger partial charge in [0.25, 0.3) is 5.91 Å². The van der Waals surface area contributed by atoms with Crippen molar-refractivity contribution in [1.82, 2.24) is 5.32 Å². The quantitative estimate of drug-likeness (QED) is 0.748. The standard InChI is InChI=1S/C20H25NO5S/c1-5-17(15-10-12-16(13-11-15)27(4,23)24)21-20(22)14(2)26-19-9-7-6-8-18(19)25-3/h6-14,17H,5H2,1-4H3,(H,21,22). The maximum absolute atomic E-state index is 12.5. The van der Waals surface area contributed by atoms with E-state index < -0.39 is 15.9 Å². The monoisotopic (exact) mass is 391 g/mol. The van der Waals surface area contributed by atoms with Crippen molar-refractivity contribution in [2.24, 2.45) is 0 Å². The average molecular weight is 391 g/mol. The molecule has 2 rings (SSSR count). The van der Waals surface area contributed by atoms with Gasteiger partial charge in [-0.3, -0.25) is 4.79 Å². The van der Waals surface area contributed by atoms with E-state index in [0.717, 1.165) is 11.8 Å². The van der Waals surface area contributed by atoms with Gasteiger partial charge in [0.15, 0.2) is 27.4 Å². The van der Waals surface area contributed by atoms with Gasteiger partial charge in [-0.25, -0.2) is 8.42 Å². The van der Waals surface area contributed by atoms with E-state index in [0.29, 0.717) is 17.9 Å². The molecule has 0 aliphatic heterocycles. The van der Waals surface area contributed by atoms with Crippen LogP contribution in [0.1, 0.15) is 31.9 Å². The molecule has 0 heterocycles. The highest BCUT2D eigenvalue weighted by Crippen LogP contribution is 2.27. The molecule has 0 bridgehead atoms. The zero-order valence-electron chi connectivity index (χ0n) is 15.9. The van der Waals surface area contributed by atoms with Gasteiger partial charge in [0, 0.05) is 6.26 Å². The van der Waals surface area contributed by atoms with Gasteiger partial charge in [0.05, 0.1) is 18.0 Å². The summed E-state index contributed by atoms with van der Waals surface area (Å²) in [5.74, 6) is 0.786. The Kier molecular flexibility index (Phi) is 6.85. The molecule has 0 radical (unpaired) electrons. The molecule has 0 saturated heterocycles. The van der Waals surface area contributed by atoms with E-state index in [1.54, 1.807) is 56.5 Å². The lowest BCUT2D eigenvalue weighted by Gasteiger charge is -2.21. The Morgan fingerprint density at radius 2 is 1.67 bits per heavy atom. The number of carbonyl (C=O) groups excluding carboxylic acids is 1. The molecule has 7 heteroatoms. The van der Waals surface area contributed by atoms with Crippen molar-refractivity contribution in [3.8, 4) is 11.5 Å². The molecule has 0 spiro atoms. The van der Waals surface area contributed by atoms with Gasteiger partial charge in [-0.1, -0.05) is 31.2 Å². The van der Waals surface area contributed by atoms with E-state index in [2.05, 4.69) is 5.32 Å². The molecular weight excluding hydrogens is 366 g/mol. The molecular formula is C20H25NO5S. The molecule has 0 saturated carbocycles. The molecule has 6 nitrogen and oxygen atoms in total. The fourth-order valence-electron chi connectivity index (χ4n) is 2.62.